The molecular formula is C48H51N5O4. The summed E-state index contributed by atoms with van der Waals surface area (Å²) in [6.45, 7) is 10.5. The summed E-state index contributed by atoms with van der Waals surface area (Å²) in [7, 11) is 0. The number of fused-ring (bicyclic) bond motifs is 3. The van der Waals surface area contributed by atoms with Gasteiger partial charge in [-0.3, -0.25) is 14.4 Å². The van der Waals surface area contributed by atoms with Crippen molar-refractivity contribution in [3.05, 3.63) is 142 Å². The Morgan fingerprint density at radius 2 is 1.53 bits per heavy atom. The van der Waals surface area contributed by atoms with Crippen LogP contribution in [0.5, 0.6) is 5.75 Å². The molecule has 57 heavy (non-hydrogen) atoms. The topological polar surface area (TPSA) is 96.4 Å². The third-order valence-electron chi connectivity index (χ3n) is 13.8. The molecule has 5 heterocycles. The summed E-state index contributed by atoms with van der Waals surface area (Å²) < 4.78 is 0. The molecular weight excluding hydrogens is 711 g/mol. The Bertz CT molecular complexity index is 2240. The van der Waals surface area contributed by atoms with Gasteiger partial charge in [-0.1, -0.05) is 61.2 Å². The van der Waals surface area contributed by atoms with Gasteiger partial charge in [0.2, 0.25) is 11.8 Å². The monoisotopic (exact) mass is 761 g/mol. The van der Waals surface area contributed by atoms with Crippen molar-refractivity contribution >= 4 is 23.4 Å². The van der Waals surface area contributed by atoms with Gasteiger partial charge in [0.25, 0.3) is 5.91 Å². The summed E-state index contributed by atoms with van der Waals surface area (Å²) >= 11 is 0. The minimum Gasteiger partial charge on any atom is -0.508 e. The van der Waals surface area contributed by atoms with Crippen molar-refractivity contribution in [2.24, 2.45) is 11.8 Å². The van der Waals surface area contributed by atoms with E-state index in [4.69, 9.17) is 0 Å². The first-order valence-corrected chi connectivity index (χ1v) is 20.9. The predicted molar refractivity (Wildman–Crippen MR) is 220 cm³/mol. The maximum absolute atomic E-state index is 13.8. The molecule has 0 spiro atoms. The van der Waals surface area contributed by atoms with Crippen molar-refractivity contribution < 1.29 is 19.5 Å². The van der Waals surface area contributed by atoms with Crippen molar-refractivity contribution in [2.45, 2.75) is 76.0 Å². The number of nitrogens with zero attached hydrogens (tertiary/aromatic N) is 4. The Morgan fingerprint density at radius 3 is 2.28 bits per heavy atom. The SMILES string of the molecule is C=C1CCC(N2Cc3cc4c(cc3C2=O)CN(C(=O)C2CCN(CC3CN(c5ccc(C6c7ccc(O)cc7CCC6c6ccccc6)cc5)C3)CC2)C4)C(=O)N1. The molecule has 0 radical (unpaired) electrons. The number of phenolic OH excluding ortho intramolecular Hbond substituents is 1. The van der Waals surface area contributed by atoms with E-state index in [1.165, 1.54) is 27.9 Å². The summed E-state index contributed by atoms with van der Waals surface area (Å²) in [6, 6.07) is 29.6. The Balaban J connectivity index is 0.708. The van der Waals surface area contributed by atoms with Crippen molar-refractivity contribution in [2.75, 3.05) is 37.6 Å². The minimum absolute atomic E-state index is 0.0406. The maximum Gasteiger partial charge on any atom is 0.255 e. The van der Waals surface area contributed by atoms with Crippen LogP contribution in [0.3, 0.4) is 0 Å². The fraction of sp³-hybridized carbons (Fsp3) is 0.396. The van der Waals surface area contributed by atoms with Crippen LogP contribution in [0, 0.1) is 11.8 Å². The van der Waals surface area contributed by atoms with Crippen LogP contribution < -0.4 is 10.2 Å². The molecule has 0 aromatic heterocycles. The van der Waals surface area contributed by atoms with Gasteiger partial charge in [0.05, 0.1) is 0 Å². The fourth-order valence-corrected chi connectivity index (χ4v) is 10.8. The molecule has 9 heteroatoms. The number of nitrogens with one attached hydrogen (secondary N) is 1. The largest absolute Gasteiger partial charge is 0.508 e. The number of rotatable bonds is 7. The number of likely N-dealkylation sites (tertiary alicyclic amines) is 1. The molecule has 5 aliphatic heterocycles. The number of aromatic hydroxyl groups is 1. The van der Waals surface area contributed by atoms with Gasteiger partial charge in [-0.15, -0.1) is 0 Å². The van der Waals surface area contributed by atoms with Crippen LogP contribution in [-0.4, -0.2) is 76.3 Å². The average Bonchev–Trinajstić information content (AvgIpc) is 3.77. The lowest BCUT2D eigenvalue weighted by atomic mass is 9.69. The minimum atomic E-state index is -0.465. The summed E-state index contributed by atoms with van der Waals surface area (Å²) in [5.41, 5.74) is 11.1. The normalized spacial score (nSPS) is 23.9. The summed E-state index contributed by atoms with van der Waals surface area (Å²) in [4.78, 5) is 48.5. The molecule has 3 atom stereocenters. The number of phenols is 1. The van der Waals surface area contributed by atoms with E-state index >= 15 is 0 Å². The van der Waals surface area contributed by atoms with E-state index in [-0.39, 0.29) is 29.6 Å². The molecule has 3 fully saturated rings. The van der Waals surface area contributed by atoms with Crippen LogP contribution in [0.1, 0.15) is 93.2 Å². The molecule has 10 rings (SSSR count). The van der Waals surface area contributed by atoms with Gasteiger partial charge in [-0.25, -0.2) is 0 Å². The number of anilines is 1. The second-order valence-electron chi connectivity index (χ2n) is 17.4. The number of piperidine rings is 2. The first kappa shape index (κ1) is 36.0. The van der Waals surface area contributed by atoms with E-state index in [1.54, 1.807) is 4.90 Å². The second kappa shape index (κ2) is 14.5. The van der Waals surface area contributed by atoms with Crippen LogP contribution in [0.4, 0.5) is 5.69 Å². The summed E-state index contributed by atoms with van der Waals surface area (Å²) in [6.07, 6.45) is 5.08. The zero-order valence-electron chi connectivity index (χ0n) is 32.5. The van der Waals surface area contributed by atoms with E-state index < -0.39 is 6.04 Å². The highest BCUT2D eigenvalue weighted by atomic mass is 16.3. The molecule has 2 N–H and O–H groups in total. The Morgan fingerprint density at radius 1 is 0.772 bits per heavy atom. The van der Waals surface area contributed by atoms with Crippen LogP contribution in [-0.2, 0) is 35.6 Å². The first-order chi connectivity index (χ1) is 27.8. The Hall–Kier alpha value is -5.41. The third-order valence-corrected chi connectivity index (χ3v) is 13.8. The number of carbonyl (C=O) groups is 3. The smallest absolute Gasteiger partial charge is 0.255 e. The number of hydrogen-bond donors (Lipinski definition) is 2. The number of hydrogen-bond acceptors (Lipinski definition) is 6. The molecule has 292 valence electrons. The quantitative estimate of drug-likeness (QED) is 0.218. The summed E-state index contributed by atoms with van der Waals surface area (Å²) in [5, 5.41) is 13.0. The fourth-order valence-electron chi connectivity index (χ4n) is 10.8. The molecule has 0 saturated carbocycles. The van der Waals surface area contributed by atoms with Crippen LogP contribution in [0.2, 0.25) is 0 Å². The number of amides is 3. The highest BCUT2D eigenvalue weighted by Crippen LogP contribution is 2.47. The van der Waals surface area contributed by atoms with Gasteiger partial charge < -0.3 is 30.0 Å². The molecule has 4 aromatic carbocycles. The van der Waals surface area contributed by atoms with Gasteiger partial charge >= 0.3 is 0 Å². The lowest BCUT2D eigenvalue weighted by molar-refractivity contribution is -0.137. The Kier molecular flexibility index (Phi) is 9.16. The van der Waals surface area contributed by atoms with Crippen molar-refractivity contribution in [1.82, 2.24) is 20.0 Å². The van der Waals surface area contributed by atoms with Crippen LogP contribution in [0.25, 0.3) is 0 Å². The number of benzene rings is 4. The number of aryl methyl sites for hydroxylation is 1. The van der Waals surface area contributed by atoms with Crippen LogP contribution >= 0.6 is 0 Å². The molecule has 3 amide bonds. The zero-order chi connectivity index (χ0) is 38.8. The lowest BCUT2D eigenvalue weighted by Gasteiger charge is -2.44. The van der Waals surface area contributed by atoms with Gasteiger partial charge in [-0.05, 0) is 127 Å². The van der Waals surface area contributed by atoms with Crippen molar-refractivity contribution in [3.8, 4) is 5.75 Å². The van der Waals surface area contributed by atoms with E-state index in [0.717, 1.165) is 75.1 Å². The van der Waals surface area contributed by atoms with Gasteiger partial charge in [0.15, 0.2) is 0 Å². The highest BCUT2D eigenvalue weighted by molar-refractivity contribution is 6.02. The molecule has 9 nitrogen and oxygen atoms in total. The molecule has 3 saturated heterocycles. The maximum atomic E-state index is 13.8. The molecule has 1 aliphatic carbocycles. The van der Waals surface area contributed by atoms with E-state index in [2.05, 4.69) is 88.4 Å². The molecule has 4 aromatic rings. The third kappa shape index (κ3) is 6.69. The lowest BCUT2D eigenvalue weighted by Crippen LogP contribution is -2.53. The van der Waals surface area contributed by atoms with Crippen molar-refractivity contribution in [1.29, 1.82) is 0 Å². The van der Waals surface area contributed by atoms with E-state index in [1.807, 2.05) is 23.1 Å². The molecule has 6 aliphatic rings. The highest BCUT2D eigenvalue weighted by Gasteiger charge is 2.40. The first-order valence-electron chi connectivity index (χ1n) is 20.9. The predicted octanol–water partition coefficient (Wildman–Crippen LogP) is 6.69. The van der Waals surface area contributed by atoms with Crippen molar-refractivity contribution in [3.63, 3.8) is 0 Å². The van der Waals surface area contributed by atoms with E-state index in [9.17, 15) is 19.5 Å². The Labute approximate surface area is 335 Å². The molecule has 3 unspecified atom stereocenters. The average molecular weight is 762 g/mol. The summed E-state index contributed by atoms with van der Waals surface area (Å²) in [5.74, 6) is 1.65. The molecule has 0 bridgehead atoms. The van der Waals surface area contributed by atoms with Crippen LogP contribution in [0.15, 0.2) is 97.2 Å². The van der Waals surface area contributed by atoms with Gasteiger partial charge in [0.1, 0.15) is 11.8 Å². The number of carbonyl (C=O) groups excluding carboxylic acids is 3. The standard InChI is InChI=1S/C48H51N5O4/c1-30-7-16-44(46(55)49-30)53-29-38-21-36-27-52(28-37(36)23-43(38)48(53)57)47(56)34-17-19-50(20-18-34)24-31-25-51(26-31)39-11-8-33(9-12-39)45-41(32-5-3-2-4-6-32)14-10-35-22-40(54)13-15-42(35)45/h2-6,8-9,11-13,15,21-23,31,34,41,44-45,54H,1,7,10,14,16-20,24-29H2,(H,49,55). The zero-order valence-corrected chi connectivity index (χ0v) is 32.5. The van der Waals surface area contributed by atoms with Gasteiger partial charge in [0, 0.05) is 74.0 Å². The van der Waals surface area contributed by atoms with E-state index in [0.29, 0.717) is 61.3 Å². The number of allylic oxidation sites excluding steroid dienone is 1. The second-order valence-corrected chi connectivity index (χ2v) is 17.4. The van der Waals surface area contributed by atoms with Gasteiger partial charge in [-0.2, -0.15) is 0 Å².